The van der Waals surface area contributed by atoms with Crippen LogP contribution in [0.1, 0.15) is 0 Å². The highest BCUT2D eigenvalue weighted by atomic mass is 16.5. The van der Waals surface area contributed by atoms with E-state index in [0.717, 1.165) is 16.9 Å². The van der Waals surface area contributed by atoms with Gasteiger partial charge >= 0.3 is 6.15 Å². The molecule has 0 saturated heterocycles. The number of hydrogen-bond acceptors (Lipinski definition) is 5. The Kier molecular flexibility index (Phi) is 4.98. The zero-order valence-electron chi connectivity index (χ0n) is 10.9. The van der Waals surface area contributed by atoms with Gasteiger partial charge in [0.2, 0.25) is 0 Å². The highest BCUT2D eigenvalue weighted by Gasteiger charge is 2.02. The molecule has 0 unspecified atom stereocenters. The molecule has 0 aliphatic heterocycles. The molecular formula is C15H11N3O3. The summed E-state index contributed by atoms with van der Waals surface area (Å²) in [6.45, 7) is 0. The van der Waals surface area contributed by atoms with Crippen LogP contribution in [-0.4, -0.2) is 21.6 Å². The fourth-order valence-electron chi connectivity index (χ4n) is 1.73. The van der Waals surface area contributed by atoms with Crippen LogP contribution in [0.5, 0.6) is 11.6 Å². The van der Waals surface area contributed by atoms with Crippen LogP contribution in [0.3, 0.4) is 0 Å². The minimum atomic E-state index is 0.250. The van der Waals surface area contributed by atoms with Crippen molar-refractivity contribution in [2.75, 3.05) is 0 Å². The fraction of sp³-hybridized carbons (Fsp3) is 0. The van der Waals surface area contributed by atoms with E-state index in [9.17, 15) is 0 Å². The number of aromatic amines is 1. The highest BCUT2D eigenvalue weighted by Crippen LogP contribution is 2.25. The first-order chi connectivity index (χ1) is 10.3. The Labute approximate surface area is 120 Å². The molecule has 0 spiro atoms. The first kappa shape index (κ1) is 14.2. The van der Waals surface area contributed by atoms with Gasteiger partial charge in [0.05, 0.1) is 0 Å². The van der Waals surface area contributed by atoms with E-state index in [2.05, 4.69) is 27.5 Å². The summed E-state index contributed by atoms with van der Waals surface area (Å²) in [5.41, 5.74) is 2.26. The molecule has 3 aromatic rings. The molecule has 0 aliphatic carbocycles. The van der Waals surface area contributed by atoms with Crippen molar-refractivity contribution in [3.63, 3.8) is 0 Å². The van der Waals surface area contributed by atoms with E-state index in [1.807, 2.05) is 42.5 Å². The summed E-state index contributed by atoms with van der Waals surface area (Å²) >= 11 is 0. The maximum Gasteiger partial charge on any atom is 0.373 e. The van der Waals surface area contributed by atoms with Crippen LogP contribution in [-0.2, 0) is 9.59 Å². The maximum atomic E-state index is 8.12. The number of aromatic nitrogens is 3. The summed E-state index contributed by atoms with van der Waals surface area (Å²) in [5.74, 6) is 1.20. The molecule has 104 valence electrons. The van der Waals surface area contributed by atoms with E-state index in [-0.39, 0.29) is 6.15 Å². The Hall–Kier alpha value is -3.24. The van der Waals surface area contributed by atoms with Crippen molar-refractivity contribution >= 4 is 6.15 Å². The summed E-state index contributed by atoms with van der Waals surface area (Å²) < 4.78 is 5.58. The quantitative estimate of drug-likeness (QED) is 0.797. The third-order valence-corrected chi connectivity index (χ3v) is 2.56. The Morgan fingerprint density at radius 3 is 2.33 bits per heavy atom. The average molecular weight is 281 g/mol. The molecule has 1 heterocycles. The predicted molar refractivity (Wildman–Crippen MR) is 73.3 cm³/mol. The Balaban J connectivity index is 0.000000497. The third-order valence-electron chi connectivity index (χ3n) is 2.56. The summed E-state index contributed by atoms with van der Waals surface area (Å²) in [7, 11) is 0. The van der Waals surface area contributed by atoms with Gasteiger partial charge in [0.1, 0.15) is 11.9 Å². The average Bonchev–Trinajstić information content (AvgIpc) is 3.02. The zero-order valence-corrected chi connectivity index (χ0v) is 10.9. The number of nitrogens with one attached hydrogen (secondary N) is 1. The van der Waals surface area contributed by atoms with Crippen molar-refractivity contribution in [1.82, 2.24) is 15.4 Å². The zero-order chi connectivity index (χ0) is 14.9. The van der Waals surface area contributed by atoms with Gasteiger partial charge in [-0.3, -0.25) is 0 Å². The second-order valence-electron chi connectivity index (χ2n) is 3.89. The van der Waals surface area contributed by atoms with E-state index in [4.69, 9.17) is 14.3 Å². The molecule has 2 aromatic carbocycles. The van der Waals surface area contributed by atoms with E-state index >= 15 is 0 Å². The molecule has 6 heteroatoms. The lowest BCUT2D eigenvalue weighted by molar-refractivity contribution is -0.191. The summed E-state index contributed by atoms with van der Waals surface area (Å²) in [6, 6.07) is 18.0. The number of H-pyrrole nitrogens is 1. The van der Waals surface area contributed by atoms with E-state index in [0.29, 0.717) is 5.88 Å². The Morgan fingerprint density at radius 2 is 1.67 bits per heavy atom. The van der Waals surface area contributed by atoms with Gasteiger partial charge in [-0.1, -0.05) is 42.5 Å². The van der Waals surface area contributed by atoms with Crippen molar-refractivity contribution in [2.45, 2.75) is 0 Å². The van der Waals surface area contributed by atoms with Gasteiger partial charge in [-0.25, -0.2) is 0 Å². The normalized spacial score (nSPS) is 9.14. The molecule has 0 bridgehead atoms. The highest BCUT2D eigenvalue weighted by molar-refractivity contribution is 5.64. The minimum absolute atomic E-state index is 0.250. The second-order valence-corrected chi connectivity index (χ2v) is 3.89. The van der Waals surface area contributed by atoms with Crippen LogP contribution in [0.4, 0.5) is 0 Å². The summed E-state index contributed by atoms with van der Waals surface area (Å²) in [4.78, 5) is 16.2. The standard InChI is InChI=1S/C14H11N3O.CO2/c1-2-5-11(6-3-1)12-7-4-8-13(9-12)18-14-10-15-17-16-14;2-1-3/h1-10H,(H,15,16,17);. The van der Waals surface area contributed by atoms with Crippen molar-refractivity contribution < 1.29 is 14.3 Å². The number of rotatable bonds is 3. The fourth-order valence-corrected chi connectivity index (χ4v) is 1.73. The maximum absolute atomic E-state index is 8.12. The molecule has 0 fully saturated rings. The topological polar surface area (TPSA) is 84.9 Å². The predicted octanol–water partition coefficient (Wildman–Crippen LogP) is 2.68. The number of benzene rings is 2. The van der Waals surface area contributed by atoms with Gasteiger partial charge in [-0.15, -0.1) is 5.10 Å². The summed E-state index contributed by atoms with van der Waals surface area (Å²) in [5, 5.41) is 10.1. The molecule has 1 N–H and O–H groups in total. The van der Waals surface area contributed by atoms with Gasteiger partial charge < -0.3 is 4.74 Å². The number of hydrogen-bond donors (Lipinski definition) is 1. The van der Waals surface area contributed by atoms with Crippen molar-refractivity contribution in [3.8, 4) is 22.8 Å². The van der Waals surface area contributed by atoms with Gasteiger partial charge in [0.15, 0.2) is 0 Å². The van der Waals surface area contributed by atoms with Gasteiger partial charge in [0.25, 0.3) is 5.88 Å². The van der Waals surface area contributed by atoms with Gasteiger partial charge in [0, 0.05) is 0 Å². The first-order valence-corrected chi connectivity index (χ1v) is 6.02. The van der Waals surface area contributed by atoms with Gasteiger partial charge in [-0.05, 0) is 23.3 Å². The van der Waals surface area contributed by atoms with Crippen LogP contribution in [0, 0.1) is 0 Å². The molecule has 3 rings (SSSR count). The number of nitrogens with zero attached hydrogens (tertiary/aromatic N) is 2. The van der Waals surface area contributed by atoms with Crippen molar-refractivity contribution in [3.05, 3.63) is 60.8 Å². The van der Waals surface area contributed by atoms with Crippen molar-refractivity contribution in [2.24, 2.45) is 0 Å². The van der Waals surface area contributed by atoms with E-state index in [1.54, 1.807) is 0 Å². The number of ether oxygens (including phenoxy) is 1. The number of carbonyl (C=O) groups excluding carboxylic acids is 2. The second kappa shape index (κ2) is 7.37. The van der Waals surface area contributed by atoms with Gasteiger partial charge in [-0.2, -0.15) is 19.9 Å². The smallest absolute Gasteiger partial charge is 0.373 e. The first-order valence-electron chi connectivity index (χ1n) is 6.02. The molecular weight excluding hydrogens is 270 g/mol. The van der Waals surface area contributed by atoms with Crippen LogP contribution in [0.15, 0.2) is 60.8 Å². The largest absolute Gasteiger partial charge is 0.436 e. The molecule has 0 amide bonds. The molecule has 6 nitrogen and oxygen atoms in total. The molecule has 0 saturated carbocycles. The molecule has 21 heavy (non-hydrogen) atoms. The van der Waals surface area contributed by atoms with Crippen molar-refractivity contribution in [1.29, 1.82) is 0 Å². The Bertz CT molecular complexity index is 706. The lowest BCUT2D eigenvalue weighted by Gasteiger charge is -2.05. The Morgan fingerprint density at radius 1 is 0.952 bits per heavy atom. The molecule has 0 radical (unpaired) electrons. The lowest BCUT2D eigenvalue weighted by Crippen LogP contribution is -1.85. The molecule has 0 atom stereocenters. The van der Waals surface area contributed by atoms with Crippen LogP contribution < -0.4 is 4.74 Å². The van der Waals surface area contributed by atoms with E-state index in [1.165, 1.54) is 6.20 Å². The van der Waals surface area contributed by atoms with Crippen LogP contribution in [0.25, 0.3) is 11.1 Å². The van der Waals surface area contributed by atoms with Crippen LogP contribution in [0.2, 0.25) is 0 Å². The third kappa shape index (κ3) is 4.12. The minimum Gasteiger partial charge on any atom is -0.436 e. The molecule has 0 aliphatic rings. The van der Waals surface area contributed by atoms with Crippen LogP contribution >= 0.6 is 0 Å². The lowest BCUT2D eigenvalue weighted by atomic mass is 10.1. The monoisotopic (exact) mass is 281 g/mol. The SMILES string of the molecule is O=C=O.c1ccc(-c2cccc(Oc3cn[nH]n3)c2)cc1. The molecule has 1 aromatic heterocycles. The summed E-state index contributed by atoms with van der Waals surface area (Å²) in [6.07, 6.45) is 1.79. The van der Waals surface area contributed by atoms with E-state index < -0.39 is 0 Å².